The molecule has 2 atom stereocenters. The first-order valence-electron chi connectivity index (χ1n) is 15.9. The molecule has 1 aromatic heterocycles. The van der Waals surface area contributed by atoms with Gasteiger partial charge in [-0.15, -0.1) is 0 Å². The fraction of sp³-hybridized carbons (Fsp3) is 0.457. The topological polar surface area (TPSA) is 163 Å². The van der Waals surface area contributed by atoms with Crippen molar-refractivity contribution in [3.63, 3.8) is 0 Å². The first-order valence-corrected chi connectivity index (χ1v) is 15.9. The molecule has 0 fully saturated rings. The molecular weight excluding hydrogens is 640 g/mol. The molecule has 0 aliphatic heterocycles. The Hall–Kier alpha value is -4.85. The molecule has 49 heavy (non-hydrogen) atoms. The van der Waals surface area contributed by atoms with Crippen LogP contribution in [0.25, 0.3) is 11.3 Å². The summed E-state index contributed by atoms with van der Waals surface area (Å²) in [6.07, 6.45) is 0.146. The normalized spacial score (nSPS) is 12.9. The number of benzene rings is 2. The number of ether oxygens (including phenoxy) is 1. The highest BCUT2D eigenvalue weighted by Crippen LogP contribution is 2.39. The van der Waals surface area contributed by atoms with E-state index >= 15 is 0 Å². The van der Waals surface area contributed by atoms with Crippen LogP contribution in [0.2, 0.25) is 0 Å². The van der Waals surface area contributed by atoms with E-state index in [1.165, 1.54) is 4.90 Å². The molecule has 14 heteroatoms. The van der Waals surface area contributed by atoms with E-state index in [0.717, 1.165) is 23.8 Å². The number of hydrogen-bond donors (Lipinski definition) is 4. The number of hydrogen-bond acceptors (Lipinski definition) is 7. The third kappa shape index (κ3) is 11.4. The Morgan fingerprint density at radius 1 is 1.02 bits per heavy atom. The number of aliphatic carboxylic acids is 1. The van der Waals surface area contributed by atoms with Crippen LogP contribution in [0.3, 0.4) is 0 Å². The molecule has 0 unspecified atom stereocenters. The predicted molar refractivity (Wildman–Crippen MR) is 177 cm³/mol. The Morgan fingerprint density at radius 3 is 2.29 bits per heavy atom. The van der Waals surface area contributed by atoms with Gasteiger partial charge in [-0.25, -0.2) is 18.6 Å². The Kier molecular flexibility index (Phi) is 13.0. The maximum atomic E-state index is 15.0. The molecular formula is C35H45F2N5O7. The van der Waals surface area contributed by atoms with Gasteiger partial charge in [0.2, 0.25) is 11.8 Å². The van der Waals surface area contributed by atoms with Crippen molar-refractivity contribution < 1.29 is 42.9 Å². The molecule has 0 radical (unpaired) electrons. The smallest absolute Gasteiger partial charge is 0.408 e. The minimum atomic E-state index is -1.26. The van der Waals surface area contributed by atoms with Crippen LogP contribution in [-0.2, 0) is 25.7 Å². The SMILES string of the molecule is CC(C)(C)OC(=O)N[C@@H](CCN(C(=O)CO)[C@@H](c1nc(-c2cc(F)ccc2F)cn1Cc1ccccc1)C(C)(C)C)C(=O)NCCC(=O)O. The number of aliphatic hydroxyl groups is 1. The van der Waals surface area contributed by atoms with Crippen LogP contribution in [0.4, 0.5) is 13.6 Å². The zero-order valence-electron chi connectivity index (χ0n) is 28.6. The highest BCUT2D eigenvalue weighted by molar-refractivity contribution is 5.86. The van der Waals surface area contributed by atoms with Gasteiger partial charge < -0.3 is 35.1 Å². The molecule has 4 N–H and O–H groups in total. The Labute approximate surface area is 284 Å². The zero-order valence-corrected chi connectivity index (χ0v) is 28.6. The number of aliphatic hydroxyl groups excluding tert-OH is 1. The van der Waals surface area contributed by atoms with Gasteiger partial charge in [-0.1, -0.05) is 51.1 Å². The first-order chi connectivity index (χ1) is 22.9. The molecule has 3 rings (SSSR count). The maximum Gasteiger partial charge on any atom is 0.408 e. The lowest BCUT2D eigenvalue weighted by Gasteiger charge is -2.40. The van der Waals surface area contributed by atoms with Gasteiger partial charge in [0.05, 0.1) is 18.2 Å². The quantitative estimate of drug-likeness (QED) is 0.191. The molecule has 0 aliphatic carbocycles. The summed E-state index contributed by atoms with van der Waals surface area (Å²) < 4.78 is 36.3. The standard InChI is InChI=1S/C35H45F2N5O7/c1-34(2,3)30(31-39-27(24-18-23(36)12-13-25(24)37)20-41(31)19-22-10-8-7-9-11-22)42(28(44)21-43)17-15-26(32(47)38-16-14-29(45)46)40-33(48)49-35(4,5)6/h7-13,18,20,26,30,43H,14-17,19,21H2,1-6H3,(H,38,47)(H,40,48)(H,45,46)/t26-,30-/m0/s1. The molecule has 3 amide bonds. The molecule has 1 heterocycles. The summed E-state index contributed by atoms with van der Waals surface area (Å²) in [5, 5.41) is 24.1. The fourth-order valence-electron chi connectivity index (χ4n) is 5.26. The van der Waals surface area contributed by atoms with Crippen molar-refractivity contribution in [1.82, 2.24) is 25.1 Å². The van der Waals surface area contributed by atoms with Crippen LogP contribution in [-0.4, -0.2) is 79.9 Å². The number of nitrogens with one attached hydrogen (secondary N) is 2. The third-order valence-electron chi connectivity index (χ3n) is 7.34. The minimum Gasteiger partial charge on any atom is -0.481 e. The zero-order chi connectivity index (χ0) is 36.5. The highest BCUT2D eigenvalue weighted by atomic mass is 19.1. The number of alkyl carbamates (subject to hydrolysis) is 1. The summed E-state index contributed by atoms with van der Waals surface area (Å²) in [6, 6.07) is 10.2. The number of carboxylic acid groups (broad SMARTS) is 1. The number of imidazole rings is 1. The second kappa shape index (κ2) is 16.5. The van der Waals surface area contributed by atoms with Gasteiger partial charge in [-0.3, -0.25) is 14.4 Å². The summed E-state index contributed by atoms with van der Waals surface area (Å²) in [5.41, 5.74) is -0.768. The number of halogens is 2. The fourth-order valence-corrected chi connectivity index (χ4v) is 5.26. The summed E-state index contributed by atoms with van der Waals surface area (Å²) in [7, 11) is 0. The average molecular weight is 686 g/mol. The monoisotopic (exact) mass is 685 g/mol. The van der Waals surface area contributed by atoms with Gasteiger partial charge in [-0.05, 0) is 56.4 Å². The second-order valence-electron chi connectivity index (χ2n) is 13.7. The van der Waals surface area contributed by atoms with E-state index in [4.69, 9.17) is 14.8 Å². The number of nitrogens with zero attached hydrogens (tertiary/aromatic N) is 3. The van der Waals surface area contributed by atoms with E-state index < -0.39 is 65.2 Å². The van der Waals surface area contributed by atoms with Gasteiger partial charge in [0.25, 0.3) is 0 Å². The van der Waals surface area contributed by atoms with E-state index in [0.29, 0.717) is 5.82 Å². The Bertz CT molecular complexity index is 1620. The van der Waals surface area contributed by atoms with Crippen molar-refractivity contribution in [2.24, 2.45) is 5.41 Å². The van der Waals surface area contributed by atoms with Crippen molar-refractivity contribution in [1.29, 1.82) is 0 Å². The number of amides is 3. The predicted octanol–water partition coefficient (Wildman–Crippen LogP) is 4.66. The summed E-state index contributed by atoms with van der Waals surface area (Å²) in [4.78, 5) is 56.5. The Morgan fingerprint density at radius 2 is 1.69 bits per heavy atom. The number of rotatable bonds is 14. The number of aromatic nitrogens is 2. The number of carboxylic acids is 1. The minimum absolute atomic E-state index is 0.0830. The third-order valence-corrected chi connectivity index (χ3v) is 7.34. The number of carbonyl (C=O) groups is 4. The lowest BCUT2D eigenvalue weighted by molar-refractivity contribution is -0.140. The summed E-state index contributed by atoms with van der Waals surface area (Å²) in [6.45, 7) is 9.42. The molecule has 0 saturated heterocycles. The van der Waals surface area contributed by atoms with Gasteiger partial charge in [0.15, 0.2) is 0 Å². The van der Waals surface area contributed by atoms with E-state index in [9.17, 15) is 33.1 Å². The van der Waals surface area contributed by atoms with Gasteiger partial charge in [-0.2, -0.15) is 0 Å². The highest BCUT2D eigenvalue weighted by Gasteiger charge is 2.39. The Balaban J connectivity index is 2.09. The molecule has 0 aliphatic rings. The number of carbonyl (C=O) groups excluding carboxylic acids is 3. The van der Waals surface area contributed by atoms with Crippen LogP contribution in [0.15, 0.2) is 54.7 Å². The van der Waals surface area contributed by atoms with Crippen molar-refractivity contribution in [3.05, 3.63) is 77.8 Å². The molecule has 2 aromatic carbocycles. The van der Waals surface area contributed by atoms with Crippen LogP contribution in [0.1, 0.15) is 71.8 Å². The lowest BCUT2D eigenvalue weighted by Crippen LogP contribution is -2.51. The van der Waals surface area contributed by atoms with Gasteiger partial charge in [0, 0.05) is 31.4 Å². The van der Waals surface area contributed by atoms with E-state index in [2.05, 4.69) is 10.6 Å². The molecule has 12 nitrogen and oxygen atoms in total. The van der Waals surface area contributed by atoms with Crippen LogP contribution in [0.5, 0.6) is 0 Å². The molecule has 0 spiro atoms. The van der Waals surface area contributed by atoms with Gasteiger partial charge >= 0.3 is 12.1 Å². The molecule has 266 valence electrons. The summed E-state index contributed by atoms with van der Waals surface area (Å²) >= 11 is 0. The van der Waals surface area contributed by atoms with Crippen LogP contribution >= 0.6 is 0 Å². The van der Waals surface area contributed by atoms with Crippen molar-refractivity contribution in [2.45, 2.75) is 78.6 Å². The van der Waals surface area contributed by atoms with Gasteiger partial charge in [0.1, 0.15) is 35.7 Å². The van der Waals surface area contributed by atoms with Crippen molar-refractivity contribution >= 4 is 23.9 Å². The second-order valence-corrected chi connectivity index (χ2v) is 13.7. The maximum absolute atomic E-state index is 15.0. The van der Waals surface area contributed by atoms with Crippen LogP contribution in [0, 0.1) is 17.0 Å². The largest absolute Gasteiger partial charge is 0.481 e. The van der Waals surface area contributed by atoms with Crippen molar-refractivity contribution in [2.75, 3.05) is 19.7 Å². The summed E-state index contributed by atoms with van der Waals surface area (Å²) in [5.74, 6) is -3.60. The van der Waals surface area contributed by atoms with Crippen molar-refractivity contribution in [3.8, 4) is 11.3 Å². The lowest BCUT2D eigenvalue weighted by atomic mass is 9.84. The molecule has 0 bridgehead atoms. The molecule has 3 aromatic rings. The van der Waals surface area contributed by atoms with E-state index in [-0.39, 0.29) is 43.7 Å². The average Bonchev–Trinajstić information content (AvgIpc) is 3.40. The van der Waals surface area contributed by atoms with Crippen LogP contribution < -0.4 is 10.6 Å². The van der Waals surface area contributed by atoms with E-state index in [1.54, 1.807) is 31.5 Å². The molecule has 0 saturated carbocycles. The first kappa shape index (κ1) is 38.6. The van der Waals surface area contributed by atoms with E-state index in [1.807, 2.05) is 51.1 Å².